The molecule has 0 saturated heterocycles. The lowest BCUT2D eigenvalue weighted by Gasteiger charge is -2.06. The van der Waals surface area contributed by atoms with Gasteiger partial charge in [-0.15, -0.1) is 23.1 Å². The Balaban J connectivity index is 1.54. The molecule has 0 radical (unpaired) electrons. The van der Waals surface area contributed by atoms with Gasteiger partial charge in [0.25, 0.3) is 0 Å². The Morgan fingerprint density at radius 3 is 2.79 bits per heavy atom. The van der Waals surface area contributed by atoms with Crippen LogP contribution in [0.15, 0.2) is 41.7 Å². The second-order valence-electron chi connectivity index (χ2n) is 5.45. The van der Waals surface area contributed by atoms with Crippen molar-refractivity contribution in [1.82, 2.24) is 9.97 Å². The number of thioether (sulfide) groups is 1. The van der Waals surface area contributed by atoms with Gasteiger partial charge in [-0.25, -0.2) is 9.97 Å². The third-order valence-electron chi connectivity index (χ3n) is 3.63. The van der Waals surface area contributed by atoms with E-state index in [2.05, 4.69) is 35.2 Å². The van der Waals surface area contributed by atoms with E-state index in [1.54, 1.807) is 29.4 Å². The van der Waals surface area contributed by atoms with Crippen molar-refractivity contribution in [3.8, 4) is 0 Å². The summed E-state index contributed by atoms with van der Waals surface area (Å²) >= 11 is 3.27. The summed E-state index contributed by atoms with van der Waals surface area (Å²) in [6, 6.07) is 10.1. The van der Waals surface area contributed by atoms with Crippen LogP contribution in [0.1, 0.15) is 23.8 Å². The van der Waals surface area contributed by atoms with Crippen LogP contribution in [0.3, 0.4) is 0 Å². The first-order valence-electron chi connectivity index (χ1n) is 7.88. The zero-order chi connectivity index (χ0) is 16.9. The van der Waals surface area contributed by atoms with Crippen LogP contribution in [0.5, 0.6) is 0 Å². The van der Waals surface area contributed by atoms with E-state index in [-0.39, 0.29) is 5.91 Å². The Kier molecular flexibility index (Phi) is 5.48. The number of hydrogen-bond acceptors (Lipinski definition) is 5. The van der Waals surface area contributed by atoms with Gasteiger partial charge in [-0.05, 0) is 37.1 Å². The van der Waals surface area contributed by atoms with Crippen molar-refractivity contribution >= 4 is 44.9 Å². The molecule has 2 heterocycles. The fourth-order valence-corrected chi connectivity index (χ4v) is 4.18. The molecule has 1 amide bonds. The maximum Gasteiger partial charge on any atom is 0.225 e. The molecule has 124 valence electrons. The summed E-state index contributed by atoms with van der Waals surface area (Å²) in [5.41, 5.74) is 2.11. The highest BCUT2D eigenvalue weighted by Crippen LogP contribution is 2.30. The molecule has 0 saturated carbocycles. The minimum atomic E-state index is 0.0264. The van der Waals surface area contributed by atoms with Crippen LogP contribution in [-0.4, -0.2) is 21.6 Å². The summed E-state index contributed by atoms with van der Waals surface area (Å²) in [4.78, 5) is 22.9. The van der Waals surface area contributed by atoms with Crippen molar-refractivity contribution in [2.75, 3.05) is 11.1 Å². The van der Waals surface area contributed by atoms with Crippen molar-refractivity contribution in [3.63, 3.8) is 0 Å². The SMILES string of the molecule is CCc1ccc(NC(=O)CCSc2ncnc3sc(C)cc23)cc1. The molecule has 0 atom stereocenters. The molecule has 24 heavy (non-hydrogen) atoms. The maximum atomic E-state index is 12.1. The molecule has 0 bridgehead atoms. The normalized spacial score (nSPS) is 10.9. The number of thiophene rings is 1. The summed E-state index contributed by atoms with van der Waals surface area (Å²) in [7, 11) is 0. The Labute approximate surface area is 149 Å². The molecule has 1 N–H and O–H groups in total. The third kappa shape index (κ3) is 4.13. The zero-order valence-corrected chi connectivity index (χ0v) is 15.3. The van der Waals surface area contributed by atoms with Crippen molar-refractivity contribution < 1.29 is 4.79 Å². The predicted molar refractivity (Wildman–Crippen MR) is 102 cm³/mol. The first-order valence-corrected chi connectivity index (χ1v) is 9.68. The van der Waals surface area contributed by atoms with Gasteiger partial charge in [0.2, 0.25) is 5.91 Å². The predicted octanol–water partition coefficient (Wildman–Crippen LogP) is 4.68. The van der Waals surface area contributed by atoms with Crippen LogP contribution >= 0.6 is 23.1 Å². The second-order valence-corrected chi connectivity index (χ2v) is 7.77. The highest BCUT2D eigenvalue weighted by Gasteiger charge is 2.09. The van der Waals surface area contributed by atoms with Crippen LogP contribution in [0.4, 0.5) is 5.69 Å². The molecule has 1 aromatic carbocycles. The lowest BCUT2D eigenvalue weighted by molar-refractivity contribution is -0.115. The van der Waals surface area contributed by atoms with Crippen LogP contribution in [0, 0.1) is 6.92 Å². The molecular formula is C18H19N3OS2. The quantitative estimate of drug-likeness (QED) is 0.514. The topological polar surface area (TPSA) is 54.9 Å². The Bertz CT molecular complexity index is 843. The molecule has 0 aliphatic carbocycles. The minimum absolute atomic E-state index is 0.0264. The number of fused-ring (bicyclic) bond motifs is 1. The van der Waals surface area contributed by atoms with Gasteiger partial charge in [0.15, 0.2) is 0 Å². The molecule has 0 aliphatic rings. The molecule has 3 rings (SSSR count). The molecule has 0 spiro atoms. The largest absolute Gasteiger partial charge is 0.326 e. The number of carbonyl (C=O) groups excluding carboxylic acids is 1. The molecular weight excluding hydrogens is 338 g/mol. The van der Waals surface area contributed by atoms with Gasteiger partial charge in [-0.1, -0.05) is 19.1 Å². The van der Waals surface area contributed by atoms with Gasteiger partial charge < -0.3 is 5.32 Å². The van der Waals surface area contributed by atoms with Gasteiger partial charge in [-0.3, -0.25) is 4.79 Å². The molecule has 0 aliphatic heterocycles. The zero-order valence-electron chi connectivity index (χ0n) is 13.7. The van der Waals surface area contributed by atoms with E-state index in [0.29, 0.717) is 12.2 Å². The lowest BCUT2D eigenvalue weighted by Crippen LogP contribution is -2.12. The Morgan fingerprint density at radius 1 is 1.25 bits per heavy atom. The molecule has 0 fully saturated rings. The average Bonchev–Trinajstić information content (AvgIpc) is 2.96. The summed E-state index contributed by atoms with van der Waals surface area (Å²) < 4.78 is 0. The van der Waals surface area contributed by atoms with E-state index in [1.807, 2.05) is 24.3 Å². The molecule has 2 aromatic heterocycles. The van der Waals surface area contributed by atoms with Crippen molar-refractivity contribution in [2.24, 2.45) is 0 Å². The van der Waals surface area contributed by atoms with E-state index < -0.39 is 0 Å². The van der Waals surface area contributed by atoms with Crippen LogP contribution < -0.4 is 5.32 Å². The van der Waals surface area contributed by atoms with Crippen LogP contribution in [0.25, 0.3) is 10.2 Å². The number of nitrogens with zero attached hydrogens (tertiary/aromatic N) is 2. The van der Waals surface area contributed by atoms with E-state index in [9.17, 15) is 4.79 Å². The van der Waals surface area contributed by atoms with E-state index in [0.717, 1.165) is 27.4 Å². The number of carbonyl (C=O) groups is 1. The maximum absolute atomic E-state index is 12.1. The van der Waals surface area contributed by atoms with Gasteiger partial charge in [0.1, 0.15) is 16.2 Å². The smallest absolute Gasteiger partial charge is 0.225 e. The lowest BCUT2D eigenvalue weighted by atomic mass is 10.1. The number of aryl methyl sites for hydroxylation is 2. The summed E-state index contributed by atoms with van der Waals surface area (Å²) in [6.07, 6.45) is 3.05. The fraction of sp³-hybridized carbons (Fsp3) is 0.278. The number of amides is 1. The van der Waals surface area contributed by atoms with Gasteiger partial charge >= 0.3 is 0 Å². The standard InChI is InChI=1S/C18H19N3OS2/c1-3-13-4-6-14(7-5-13)21-16(22)8-9-23-17-15-10-12(2)24-18(15)20-11-19-17/h4-7,10-11H,3,8-9H2,1-2H3,(H,21,22). The van der Waals surface area contributed by atoms with Gasteiger partial charge in [0, 0.05) is 28.1 Å². The number of aromatic nitrogens is 2. The average molecular weight is 358 g/mol. The van der Waals surface area contributed by atoms with Crippen molar-refractivity contribution in [3.05, 3.63) is 47.1 Å². The number of anilines is 1. The van der Waals surface area contributed by atoms with Crippen LogP contribution in [0.2, 0.25) is 0 Å². The van der Waals surface area contributed by atoms with Crippen molar-refractivity contribution in [1.29, 1.82) is 0 Å². The van der Waals surface area contributed by atoms with Crippen LogP contribution in [-0.2, 0) is 11.2 Å². The Hall–Kier alpha value is -1.92. The van der Waals surface area contributed by atoms with E-state index >= 15 is 0 Å². The first kappa shape index (κ1) is 16.9. The first-order chi connectivity index (χ1) is 11.7. The number of hydrogen-bond donors (Lipinski definition) is 1. The Morgan fingerprint density at radius 2 is 2.04 bits per heavy atom. The molecule has 6 heteroatoms. The molecule has 3 aromatic rings. The highest BCUT2D eigenvalue weighted by molar-refractivity contribution is 7.99. The summed E-state index contributed by atoms with van der Waals surface area (Å²) in [6.45, 7) is 4.18. The fourth-order valence-electron chi connectivity index (χ4n) is 2.36. The summed E-state index contributed by atoms with van der Waals surface area (Å²) in [5.74, 6) is 0.721. The van der Waals surface area contributed by atoms with Gasteiger partial charge in [-0.2, -0.15) is 0 Å². The minimum Gasteiger partial charge on any atom is -0.326 e. The molecule has 0 unspecified atom stereocenters. The van der Waals surface area contributed by atoms with Crippen molar-refractivity contribution in [2.45, 2.75) is 31.7 Å². The third-order valence-corrected chi connectivity index (χ3v) is 5.60. The van der Waals surface area contributed by atoms with Gasteiger partial charge in [0.05, 0.1) is 0 Å². The molecule has 4 nitrogen and oxygen atoms in total. The van der Waals surface area contributed by atoms with E-state index in [4.69, 9.17) is 0 Å². The monoisotopic (exact) mass is 357 g/mol. The summed E-state index contributed by atoms with van der Waals surface area (Å²) in [5, 5.41) is 4.97. The number of benzene rings is 1. The highest BCUT2D eigenvalue weighted by atomic mass is 32.2. The number of rotatable bonds is 6. The van der Waals surface area contributed by atoms with E-state index in [1.165, 1.54) is 10.4 Å². The number of nitrogens with one attached hydrogen (secondary N) is 1. The second kappa shape index (κ2) is 7.77.